The molecule has 0 N–H and O–H groups in total. The summed E-state index contributed by atoms with van der Waals surface area (Å²) in [5.74, 6) is -0.434. The molecule has 120 valence electrons. The summed E-state index contributed by atoms with van der Waals surface area (Å²) >= 11 is 0. The molecule has 0 radical (unpaired) electrons. The van der Waals surface area contributed by atoms with Crippen LogP contribution >= 0.6 is 0 Å². The first-order chi connectivity index (χ1) is 11.6. The molecule has 0 spiro atoms. The Morgan fingerprint density at radius 2 is 1.21 bits per heavy atom. The first-order valence-corrected chi connectivity index (χ1v) is 6.91. The van der Waals surface area contributed by atoms with Gasteiger partial charge >= 0.3 is 11.9 Å². The number of hydrogen-bond acceptors (Lipinski definition) is 6. The number of hydrogen-bond donors (Lipinski definition) is 0. The zero-order valence-corrected chi connectivity index (χ0v) is 12.7. The highest BCUT2D eigenvalue weighted by Gasteiger charge is 2.02. The van der Waals surface area contributed by atoms with Gasteiger partial charge in [0.1, 0.15) is 11.5 Å². The monoisotopic (exact) mass is 322 g/mol. The lowest BCUT2D eigenvalue weighted by atomic mass is 10.3. The number of azo groups is 1. The molecular formula is C18H14N2O4. The van der Waals surface area contributed by atoms with Crippen molar-refractivity contribution in [3.05, 3.63) is 73.8 Å². The first kappa shape index (κ1) is 16.8. The average Bonchev–Trinajstić information content (AvgIpc) is 2.60. The van der Waals surface area contributed by atoms with E-state index in [0.717, 1.165) is 12.2 Å². The first-order valence-electron chi connectivity index (χ1n) is 6.91. The van der Waals surface area contributed by atoms with E-state index < -0.39 is 11.9 Å². The van der Waals surface area contributed by atoms with E-state index in [-0.39, 0.29) is 0 Å². The van der Waals surface area contributed by atoms with E-state index in [1.807, 2.05) is 0 Å². The fourth-order valence-electron chi connectivity index (χ4n) is 1.65. The van der Waals surface area contributed by atoms with Crippen LogP contribution in [0.5, 0.6) is 11.5 Å². The van der Waals surface area contributed by atoms with Crippen molar-refractivity contribution < 1.29 is 19.1 Å². The van der Waals surface area contributed by atoms with E-state index in [2.05, 4.69) is 23.4 Å². The van der Waals surface area contributed by atoms with E-state index in [4.69, 9.17) is 9.47 Å². The van der Waals surface area contributed by atoms with Gasteiger partial charge in [0.05, 0.1) is 11.4 Å². The lowest BCUT2D eigenvalue weighted by Gasteiger charge is -2.02. The van der Waals surface area contributed by atoms with Gasteiger partial charge in [-0.15, -0.1) is 0 Å². The van der Waals surface area contributed by atoms with Crippen molar-refractivity contribution >= 4 is 23.3 Å². The third-order valence-corrected chi connectivity index (χ3v) is 2.69. The lowest BCUT2D eigenvalue weighted by Crippen LogP contribution is -2.02. The second-order valence-electron chi connectivity index (χ2n) is 4.45. The lowest BCUT2D eigenvalue weighted by molar-refractivity contribution is -0.129. The second kappa shape index (κ2) is 8.19. The number of ether oxygens (including phenoxy) is 2. The number of carbonyl (C=O) groups is 2. The normalized spacial score (nSPS) is 10.2. The summed E-state index contributed by atoms with van der Waals surface area (Å²) in [6.07, 6.45) is 2.15. The highest BCUT2D eigenvalue weighted by Crippen LogP contribution is 2.25. The van der Waals surface area contributed by atoms with Crippen LogP contribution in [0.25, 0.3) is 0 Å². The quantitative estimate of drug-likeness (QED) is 0.344. The molecule has 0 bridgehead atoms. The van der Waals surface area contributed by atoms with Crippen LogP contribution in [0.4, 0.5) is 11.4 Å². The molecule has 0 saturated heterocycles. The molecule has 0 fully saturated rings. The van der Waals surface area contributed by atoms with Crippen molar-refractivity contribution in [2.45, 2.75) is 0 Å². The zero-order valence-electron chi connectivity index (χ0n) is 12.7. The molecule has 0 amide bonds. The van der Waals surface area contributed by atoms with E-state index in [1.54, 1.807) is 48.5 Å². The predicted molar refractivity (Wildman–Crippen MR) is 88.7 cm³/mol. The number of benzene rings is 2. The Labute approximate surface area is 138 Å². The Morgan fingerprint density at radius 3 is 1.58 bits per heavy atom. The topological polar surface area (TPSA) is 77.3 Å². The maximum atomic E-state index is 11.2. The molecule has 0 atom stereocenters. The van der Waals surface area contributed by atoms with Crippen molar-refractivity contribution in [3.8, 4) is 11.5 Å². The molecule has 0 heterocycles. The van der Waals surface area contributed by atoms with E-state index >= 15 is 0 Å². The SMILES string of the molecule is C=CC(=O)Oc1cccc(/N=N/c2cccc(OC(=O)C=C)c2)c1. The van der Waals surface area contributed by atoms with Crippen LogP contribution in [-0.2, 0) is 9.59 Å². The van der Waals surface area contributed by atoms with E-state index in [0.29, 0.717) is 22.9 Å². The minimum absolute atomic E-state index is 0.338. The van der Waals surface area contributed by atoms with Gasteiger partial charge in [0.15, 0.2) is 0 Å². The number of esters is 2. The summed E-state index contributed by atoms with van der Waals surface area (Å²) in [4.78, 5) is 22.4. The molecule has 24 heavy (non-hydrogen) atoms. The van der Waals surface area contributed by atoms with Gasteiger partial charge in [-0.2, -0.15) is 10.2 Å². The van der Waals surface area contributed by atoms with Crippen molar-refractivity contribution in [3.63, 3.8) is 0 Å². The van der Waals surface area contributed by atoms with Crippen LogP contribution < -0.4 is 9.47 Å². The second-order valence-corrected chi connectivity index (χ2v) is 4.45. The van der Waals surface area contributed by atoms with Crippen LogP contribution in [0.15, 0.2) is 84.1 Å². The summed E-state index contributed by atoms with van der Waals surface area (Å²) in [5.41, 5.74) is 0.996. The predicted octanol–water partition coefficient (Wildman–Crippen LogP) is 4.28. The number of carbonyl (C=O) groups excluding carboxylic acids is 2. The minimum atomic E-state index is -0.555. The van der Waals surface area contributed by atoms with Crippen LogP contribution in [0.2, 0.25) is 0 Å². The summed E-state index contributed by atoms with van der Waals surface area (Å²) in [6, 6.07) is 13.1. The van der Waals surface area contributed by atoms with Gasteiger partial charge in [-0.05, 0) is 24.3 Å². The smallest absolute Gasteiger partial charge is 0.335 e. The third-order valence-electron chi connectivity index (χ3n) is 2.69. The highest BCUT2D eigenvalue weighted by atomic mass is 16.5. The Hall–Kier alpha value is -3.54. The summed E-state index contributed by atoms with van der Waals surface area (Å²) < 4.78 is 10.0. The van der Waals surface area contributed by atoms with Crippen LogP contribution in [0, 0.1) is 0 Å². The molecule has 0 aliphatic carbocycles. The molecule has 2 aromatic carbocycles. The molecule has 6 heteroatoms. The minimum Gasteiger partial charge on any atom is -0.423 e. The molecule has 0 saturated carbocycles. The Balaban J connectivity index is 2.13. The summed E-state index contributed by atoms with van der Waals surface area (Å²) in [6.45, 7) is 6.66. The van der Waals surface area contributed by atoms with E-state index in [9.17, 15) is 9.59 Å². The summed E-state index contributed by atoms with van der Waals surface area (Å²) in [7, 11) is 0. The van der Waals surface area contributed by atoms with Gasteiger partial charge in [0, 0.05) is 24.3 Å². The Bertz CT molecular complexity index is 745. The van der Waals surface area contributed by atoms with Gasteiger partial charge < -0.3 is 9.47 Å². The molecule has 0 unspecified atom stereocenters. The van der Waals surface area contributed by atoms with Gasteiger partial charge in [0.2, 0.25) is 0 Å². The van der Waals surface area contributed by atoms with Crippen LogP contribution in [-0.4, -0.2) is 11.9 Å². The molecule has 6 nitrogen and oxygen atoms in total. The molecular weight excluding hydrogens is 308 g/mol. The third kappa shape index (κ3) is 5.03. The largest absolute Gasteiger partial charge is 0.423 e. The van der Waals surface area contributed by atoms with E-state index in [1.165, 1.54) is 0 Å². The van der Waals surface area contributed by atoms with Crippen molar-refractivity contribution in [2.75, 3.05) is 0 Å². The van der Waals surface area contributed by atoms with Gasteiger partial charge in [-0.25, -0.2) is 9.59 Å². The van der Waals surface area contributed by atoms with Crippen molar-refractivity contribution in [2.24, 2.45) is 10.2 Å². The molecule has 2 rings (SSSR count). The molecule has 0 aromatic heterocycles. The molecule has 0 aliphatic rings. The van der Waals surface area contributed by atoms with Gasteiger partial charge in [-0.1, -0.05) is 25.3 Å². The highest BCUT2D eigenvalue weighted by molar-refractivity contribution is 5.83. The maximum absolute atomic E-state index is 11.2. The Morgan fingerprint density at radius 1 is 0.792 bits per heavy atom. The van der Waals surface area contributed by atoms with Crippen LogP contribution in [0.1, 0.15) is 0 Å². The zero-order chi connectivity index (χ0) is 17.4. The Kier molecular flexibility index (Phi) is 5.74. The van der Waals surface area contributed by atoms with Gasteiger partial charge in [-0.3, -0.25) is 0 Å². The fraction of sp³-hybridized carbons (Fsp3) is 0. The van der Waals surface area contributed by atoms with Gasteiger partial charge in [0.25, 0.3) is 0 Å². The molecule has 2 aromatic rings. The average molecular weight is 322 g/mol. The maximum Gasteiger partial charge on any atom is 0.335 e. The van der Waals surface area contributed by atoms with Crippen LogP contribution in [0.3, 0.4) is 0 Å². The van der Waals surface area contributed by atoms with Crippen molar-refractivity contribution in [1.29, 1.82) is 0 Å². The number of rotatable bonds is 6. The molecule has 0 aliphatic heterocycles. The van der Waals surface area contributed by atoms with Crippen molar-refractivity contribution in [1.82, 2.24) is 0 Å². The number of nitrogens with zero attached hydrogens (tertiary/aromatic N) is 2. The standard InChI is InChI=1S/C18H14N2O4/c1-3-17(21)23-15-9-5-7-13(11-15)19-20-14-8-6-10-16(12-14)24-18(22)4-2/h3-12H,1-2H2/b20-19+. The summed E-state index contributed by atoms with van der Waals surface area (Å²) in [5, 5.41) is 8.12. The fourth-order valence-corrected chi connectivity index (χ4v) is 1.65.